The number of aliphatic hydroxyl groups excluding tert-OH is 1. The van der Waals surface area contributed by atoms with Gasteiger partial charge in [-0.2, -0.15) is 0 Å². The molecular weight excluding hydrogens is 194 g/mol. The van der Waals surface area contributed by atoms with Crippen LogP contribution in [0.3, 0.4) is 0 Å². The van der Waals surface area contributed by atoms with Gasteiger partial charge in [0.2, 0.25) is 0 Å². The van der Waals surface area contributed by atoms with Gasteiger partial charge in [-0.3, -0.25) is 0 Å². The zero-order valence-corrected chi connectivity index (χ0v) is 8.48. The molecule has 1 heterocycles. The molecule has 1 aliphatic rings. The Hall–Kier alpha value is -1.26. The summed E-state index contributed by atoms with van der Waals surface area (Å²) in [7, 11) is 0. The average molecular weight is 209 g/mol. The summed E-state index contributed by atoms with van der Waals surface area (Å²) in [5.41, 5.74) is 6.84. The van der Waals surface area contributed by atoms with Crippen LogP contribution in [-0.2, 0) is 0 Å². The summed E-state index contributed by atoms with van der Waals surface area (Å²) in [6, 6.07) is 5.46. The molecule has 4 heteroatoms. The van der Waals surface area contributed by atoms with Gasteiger partial charge in [0.15, 0.2) is 11.5 Å². The molecule has 0 aliphatic carbocycles. The quantitative estimate of drug-likeness (QED) is 0.774. The lowest BCUT2D eigenvalue weighted by Gasteiger charge is -2.23. The number of para-hydroxylation sites is 1. The van der Waals surface area contributed by atoms with Gasteiger partial charge in [-0.25, -0.2) is 0 Å². The topological polar surface area (TPSA) is 64.7 Å². The lowest BCUT2D eigenvalue weighted by molar-refractivity contribution is 0.168. The van der Waals surface area contributed by atoms with E-state index in [1.165, 1.54) is 0 Å². The minimum Gasteiger partial charge on any atom is -0.486 e. The summed E-state index contributed by atoms with van der Waals surface area (Å²) in [4.78, 5) is 0. The summed E-state index contributed by atoms with van der Waals surface area (Å²) in [5.74, 6) is 1.47. The van der Waals surface area contributed by atoms with Crippen molar-refractivity contribution in [1.29, 1.82) is 0 Å². The van der Waals surface area contributed by atoms with Gasteiger partial charge in [0, 0.05) is 18.2 Å². The predicted octanol–water partition coefficient (Wildman–Crippen LogP) is 0.840. The van der Waals surface area contributed by atoms with Gasteiger partial charge >= 0.3 is 0 Å². The number of benzene rings is 1. The Bertz CT molecular complexity index is 341. The third-order valence-electron chi connectivity index (χ3n) is 2.44. The van der Waals surface area contributed by atoms with Gasteiger partial charge in [0.25, 0.3) is 0 Å². The molecule has 1 atom stereocenters. The maximum absolute atomic E-state index is 8.85. The molecule has 15 heavy (non-hydrogen) atoms. The first-order chi connectivity index (χ1) is 7.33. The summed E-state index contributed by atoms with van der Waals surface area (Å²) in [6.45, 7) is 1.20. The van der Waals surface area contributed by atoms with Crippen LogP contribution in [0.4, 0.5) is 0 Å². The van der Waals surface area contributed by atoms with Gasteiger partial charge < -0.3 is 20.3 Å². The average Bonchev–Trinajstić information content (AvgIpc) is 2.28. The minimum atomic E-state index is -0.202. The molecule has 0 unspecified atom stereocenters. The predicted molar refractivity (Wildman–Crippen MR) is 56.1 cm³/mol. The Morgan fingerprint density at radius 3 is 2.93 bits per heavy atom. The molecule has 3 N–H and O–H groups in total. The van der Waals surface area contributed by atoms with Gasteiger partial charge in [-0.05, 0) is 12.5 Å². The second-order valence-corrected chi connectivity index (χ2v) is 3.49. The zero-order valence-electron chi connectivity index (χ0n) is 8.48. The molecule has 0 saturated carbocycles. The zero-order chi connectivity index (χ0) is 10.7. The molecule has 0 amide bonds. The SMILES string of the molecule is N[C@@H](CCO)c1cccc2c1OCCO2. The molecule has 0 fully saturated rings. The molecule has 0 radical (unpaired) electrons. The summed E-state index contributed by atoms with van der Waals surface area (Å²) in [5, 5.41) is 8.85. The third kappa shape index (κ3) is 2.06. The monoisotopic (exact) mass is 209 g/mol. The van der Waals surface area contributed by atoms with Gasteiger partial charge in [0.05, 0.1) is 0 Å². The Morgan fingerprint density at radius 1 is 1.33 bits per heavy atom. The number of nitrogens with two attached hydrogens (primary N) is 1. The number of fused-ring (bicyclic) bond motifs is 1. The van der Waals surface area contributed by atoms with E-state index >= 15 is 0 Å². The van der Waals surface area contributed by atoms with E-state index in [2.05, 4.69) is 0 Å². The molecule has 0 aromatic heterocycles. The van der Waals surface area contributed by atoms with Crippen molar-refractivity contribution in [2.24, 2.45) is 5.73 Å². The van der Waals surface area contributed by atoms with Gasteiger partial charge in [-0.15, -0.1) is 0 Å². The summed E-state index contributed by atoms with van der Waals surface area (Å²) in [6.07, 6.45) is 0.528. The second kappa shape index (κ2) is 4.51. The van der Waals surface area contributed by atoms with Crippen LogP contribution in [-0.4, -0.2) is 24.9 Å². The highest BCUT2D eigenvalue weighted by Crippen LogP contribution is 2.36. The van der Waals surface area contributed by atoms with E-state index in [1.54, 1.807) is 0 Å². The molecule has 1 aromatic rings. The van der Waals surface area contributed by atoms with E-state index in [0.717, 1.165) is 17.1 Å². The van der Waals surface area contributed by atoms with Crippen molar-refractivity contribution in [3.05, 3.63) is 23.8 Å². The molecule has 1 aliphatic heterocycles. The van der Waals surface area contributed by atoms with E-state index in [1.807, 2.05) is 18.2 Å². The van der Waals surface area contributed by atoms with Crippen molar-refractivity contribution in [3.8, 4) is 11.5 Å². The maximum atomic E-state index is 8.85. The van der Waals surface area contributed by atoms with Gasteiger partial charge in [-0.1, -0.05) is 12.1 Å². The van der Waals surface area contributed by atoms with Crippen LogP contribution in [0.2, 0.25) is 0 Å². The first-order valence-corrected chi connectivity index (χ1v) is 5.08. The summed E-state index contributed by atoms with van der Waals surface area (Å²) < 4.78 is 11.0. The first-order valence-electron chi connectivity index (χ1n) is 5.08. The Balaban J connectivity index is 2.30. The van der Waals surface area contributed by atoms with Crippen molar-refractivity contribution in [3.63, 3.8) is 0 Å². The van der Waals surface area contributed by atoms with Crippen molar-refractivity contribution >= 4 is 0 Å². The number of aliphatic hydroxyl groups is 1. The Kier molecular flexibility index (Phi) is 3.08. The van der Waals surface area contributed by atoms with Crippen LogP contribution in [0.1, 0.15) is 18.0 Å². The fraction of sp³-hybridized carbons (Fsp3) is 0.455. The number of hydrogen-bond acceptors (Lipinski definition) is 4. The highest BCUT2D eigenvalue weighted by atomic mass is 16.6. The van der Waals surface area contributed by atoms with Crippen molar-refractivity contribution in [1.82, 2.24) is 0 Å². The van der Waals surface area contributed by atoms with Gasteiger partial charge in [0.1, 0.15) is 13.2 Å². The molecule has 0 bridgehead atoms. The molecule has 2 rings (SSSR count). The van der Waals surface area contributed by atoms with Crippen LogP contribution in [0.25, 0.3) is 0 Å². The standard InChI is InChI=1S/C11H15NO3/c12-9(4-5-13)8-2-1-3-10-11(8)15-7-6-14-10/h1-3,9,13H,4-7,12H2/t9-/m0/s1. The molecule has 1 aromatic carbocycles. The van der Waals surface area contributed by atoms with E-state index < -0.39 is 0 Å². The van der Waals surface area contributed by atoms with Crippen LogP contribution in [0, 0.1) is 0 Å². The highest BCUT2D eigenvalue weighted by molar-refractivity contribution is 5.48. The van der Waals surface area contributed by atoms with Crippen LogP contribution < -0.4 is 15.2 Å². The van der Waals surface area contributed by atoms with E-state index in [4.69, 9.17) is 20.3 Å². The summed E-state index contributed by atoms with van der Waals surface area (Å²) >= 11 is 0. The molecule has 0 saturated heterocycles. The number of hydrogen-bond donors (Lipinski definition) is 2. The first kappa shape index (κ1) is 10.3. The second-order valence-electron chi connectivity index (χ2n) is 3.49. The molecule has 4 nitrogen and oxygen atoms in total. The van der Waals surface area contributed by atoms with Crippen LogP contribution in [0.5, 0.6) is 11.5 Å². The third-order valence-corrected chi connectivity index (χ3v) is 2.44. The molecule has 0 spiro atoms. The van der Waals surface area contributed by atoms with Crippen molar-refractivity contribution in [2.45, 2.75) is 12.5 Å². The largest absolute Gasteiger partial charge is 0.486 e. The normalized spacial score (nSPS) is 16.1. The van der Waals surface area contributed by atoms with E-state index in [9.17, 15) is 0 Å². The number of ether oxygens (including phenoxy) is 2. The smallest absolute Gasteiger partial charge is 0.166 e. The number of rotatable bonds is 3. The maximum Gasteiger partial charge on any atom is 0.166 e. The van der Waals surface area contributed by atoms with E-state index in [0.29, 0.717) is 19.6 Å². The van der Waals surface area contributed by atoms with Crippen LogP contribution in [0.15, 0.2) is 18.2 Å². The van der Waals surface area contributed by atoms with Crippen molar-refractivity contribution in [2.75, 3.05) is 19.8 Å². The Morgan fingerprint density at radius 2 is 2.13 bits per heavy atom. The molecular formula is C11H15NO3. The Labute approximate surface area is 88.6 Å². The minimum absolute atomic E-state index is 0.0751. The van der Waals surface area contributed by atoms with Crippen molar-refractivity contribution < 1.29 is 14.6 Å². The molecule has 82 valence electrons. The lowest BCUT2D eigenvalue weighted by atomic mass is 10.0. The van der Waals surface area contributed by atoms with Crippen LogP contribution >= 0.6 is 0 Å². The fourth-order valence-electron chi connectivity index (χ4n) is 1.68. The fourth-order valence-corrected chi connectivity index (χ4v) is 1.68. The highest BCUT2D eigenvalue weighted by Gasteiger charge is 2.19. The van der Waals surface area contributed by atoms with E-state index in [-0.39, 0.29) is 12.6 Å². The lowest BCUT2D eigenvalue weighted by Crippen LogP contribution is -2.20.